The van der Waals surface area contributed by atoms with E-state index in [9.17, 15) is 9.90 Å². The van der Waals surface area contributed by atoms with E-state index in [4.69, 9.17) is 4.74 Å². The first-order chi connectivity index (χ1) is 9.72. The molecule has 0 aromatic heterocycles. The van der Waals surface area contributed by atoms with E-state index < -0.39 is 5.54 Å². The number of carbonyl (C=O) groups excluding carboxylic acids is 1. The van der Waals surface area contributed by atoms with Crippen molar-refractivity contribution in [2.24, 2.45) is 5.92 Å². The van der Waals surface area contributed by atoms with Crippen LogP contribution < -0.4 is 10.6 Å². The van der Waals surface area contributed by atoms with Crippen LogP contribution in [0.5, 0.6) is 0 Å². The van der Waals surface area contributed by atoms with Gasteiger partial charge in [0.15, 0.2) is 0 Å². The lowest BCUT2D eigenvalue weighted by Gasteiger charge is -2.37. The number of fused-ring (bicyclic) bond motifs is 1. The van der Waals surface area contributed by atoms with Crippen molar-refractivity contribution in [2.75, 3.05) is 19.8 Å². The molecule has 2 saturated heterocycles. The Labute approximate surface area is 120 Å². The summed E-state index contributed by atoms with van der Waals surface area (Å²) >= 11 is 0. The van der Waals surface area contributed by atoms with Gasteiger partial charge in [-0.15, -0.1) is 0 Å². The van der Waals surface area contributed by atoms with Gasteiger partial charge >= 0.3 is 0 Å². The van der Waals surface area contributed by atoms with Crippen LogP contribution in [0.2, 0.25) is 0 Å². The molecule has 3 fully saturated rings. The van der Waals surface area contributed by atoms with Crippen LogP contribution in [-0.4, -0.2) is 48.5 Å². The second-order valence-electron chi connectivity index (χ2n) is 6.65. The third-order valence-corrected chi connectivity index (χ3v) is 5.32. The predicted octanol–water partition coefficient (Wildman–Crippen LogP) is 0.565. The highest BCUT2D eigenvalue weighted by Gasteiger charge is 2.41. The molecule has 3 aliphatic rings. The molecule has 0 aromatic rings. The number of carbonyl (C=O) groups is 1. The fourth-order valence-electron chi connectivity index (χ4n) is 3.95. The molecule has 3 unspecified atom stereocenters. The Morgan fingerprint density at radius 2 is 2.05 bits per heavy atom. The summed E-state index contributed by atoms with van der Waals surface area (Å²) in [4.78, 5) is 12.5. The van der Waals surface area contributed by atoms with E-state index in [1.165, 1.54) is 25.7 Å². The minimum atomic E-state index is -0.467. The number of aliphatic hydroxyl groups excluding tert-OH is 1. The summed E-state index contributed by atoms with van der Waals surface area (Å²) < 4.78 is 5.33. The number of ether oxygens (including phenoxy) is 1. The summed E-state index contributed by atoms with van der Waals surface area (Å²) in [6.45, 7) is 1.23. The van der Waals surface area contributed by atoms with Gasteiger partial charge in [0.2, 0.25) is 5.91 Å². The molecule has 5 nitrogen and oxygen atoms in total. The lowest BCUT2D eigenvalue weighted by molar-refractivity contribution is -0.127. The topological polar surface area (TPSA) is 70.6 Å². The number of rotatable bonds is 3. The largest absolute Gasteiger partial charge is 0.394 e. The predicted molar refractivity (Wildman–Crippen MR) is 75.3 cm³/mol. The molecule has 1 aliphatic carbocycles. The quantitative estimate of drug-likeness (QED) is 0.707. The van der Waals surface area contributed by atoms with Gasteiger partial charge in [-0.25, -0.2) is 0 Å². The van der Waals surface area contributed by atoms with Crippen molar-refractivity contribution < 1.29 is 14.6 Å². The lowest BCUT2D eigenvalue weighted by atomic mass is 9.85. The Morgan fingerprint density at radius 1 is 1.30 bits per heavy atom. The van der Waals surface area contributed by atoms with Crippen LogP contribution in [0.3, 0.4) is 0 Å². The maximum absolute atomic E-state index is 12.5. The average molecular weight is 282 g/mol. The number of aliphatic hydroxyl groups is 1. The minimum absolute atomic E-state index is 0.00166. The van der Waals surface area contributed by atoms with Crippen molar-refractivity contribution in [3.8, 4) is 0 Å². The fraction of sp³-hybridized carbons (Fsp3) is 0.933. The summed E-state index contributed by atoms with van der Waals surface area (Å²) in [7, 11) is 0. The molecule has 5 heteroatoms. The van der Waals surface area contributed by atoms with Crippen LogP contribution in [0, 0.1) is 5.92 Å². The van der Waals surface area contributed by atoms with Gasteiger partial charge in [0.1, 0.15) is 0 Å². The van der Waals surface area contributed by atoms with E-state index in [0.717, 1.165) is 6.42 Å². The standard InChI is InChI=1S/C15H26N2O3/c18-10-15(5-7-20-8-6-15)17-14(19)13-9-11-3-1-2-4-12(11)16-13/h11-13,16,18H,1-10H2,(H,17,19). The molecule has 3 atom stereocenters. The SMILES string of the molecule is O=C(NC1(CO)CCOCC1)C1CC2CCCCC2N1. The van der Waals surface area contributed by atoms with Crippen LogP contribution in [0.1, 0.15) is 44.9 Å². The Morgan fingerprint density at radius 3 is 2.75 bits per heavy atom. The molecule has 1 amide bonds. The molecule has 20 heavy (non-hydrogen) atoms. The van der Waals surface area contributed by atoms with Gasteiger partial charge in [-0.1, -0.05) is 12.8 Å². The van der Waals surface area contributed by atoms with Crippen LogP contribution in [0.15, 0.2) is 0 Å². The van der Waals surface area contributed by atoms with E-state index in [-0.39, 0.29) is 18.6 Å². The number of hydrogen-bond donors (Lipinski definition) is 3. The third kappa shape index (κ3) is 2.85. The van der Waals surface area contributed by atoms with Crippen molar-refractivity contribution in [1.82, 2.24) is 10.6 Å². The first-order valence-corrected chi connectivity index (χ1v) is 7.99. The van der Waals surface area contributed by atoms with Gasteiger partial charge in [0, 0.05) is 19.3 Å². The van der Waals surface area contributed by atoms with Crippen molar-refractivity contribution in [3.63, 3.8) is 0 Å². The molecular weight excluding hydrogens is 256 g/mol. The lowest BCUT2D eigenvalue weighted by Crippen LogP contribution is -2.58. The molecule has 2 aliphatic heterocycles. The maximum atomic E-state index is 12.5. The van der Waals surface area contributed by atoms with Gasteiger partial charge in [0.25, 0.3) is 0 Å². The first-order valence-electron chi connectivity index (χ1n) is 7.99. The zero-order valence-corrected chi connectivity index (χ0v) is 12.1. The fourth-order valence-corrected chi connectivity index (χ4v) is 3.95. The van der Waals surface area contributed by atoms with E-state index in [1.807, 2.05) is 0 Å². The molecular formula is C15H26N2O3. The highest BCUT2D eigenvalue weighted by atomic mass is 16.5. The van der Waals surface area contributed by atoms with Crippen molar-refractivity contribution in [2.45, 2.75) is 62.6 Å². The molecule has 2 heterocycles. The Bertz CT molecular complexity index is 341. The van der Waals surface area contributed by atoms with Crippen molar-refractivity contribution in [1.29, 1.82) is 0 Å². The van der Waals surface area contributed by atoms with E-state index >= 15 is 0 Å². The molecule has 0 spiro atoms. The van der Waals surface area contributed by atoms with Gasteiger partial charge in [-0.3, -0.25) is 4.79 Å². The van der Waals surface area contributed by atoms with E-state index in [2.05, 4.69) is 10.6 Å². The first kappa shape index (κ1) is 14.3. The van der Waals surface area contributed by atoms with Crippen molar-refractivity contribution >= 4 is 5.91 Å². The summed E-state index contributed by atoms with van der Waals surface area (Å²) in [5, 5.41) is 16.2. The Hall–Kier alpha value is -0.650. The highest BCUT2D eigenvalue weighted by Crippen LogP contribution is 2.33. The van der Waals surface area contributed by atoms with Gasteiger partial charge in [-0.2, -0.15) is 0 Å². The summed E-state index contributed by atoms with van der Waals surface area (Å²) in [5.41, 5.74) is -0.467. The molecule has 0 aromatic carbocycles. The Kier molecular flexibility index (Phi) is 4.29. The molecule has 0 radical (unpaired) electrons. The van der Waals surface area contributed by atoms with E-state index in [0.29, 0.717) is 38.0 Å². The van der Waals surface area contributed by atoms with Crippen LogP contribution in [-0.2, 0) is 9.53 Å². The minimum Gasteiger partial charge on any atom is -0.394 e. The second kappa shape index (κ2) is 6.00. The monoisotopic (exact) mass is 282 g/mol. The van der Waals surface area contributed by atoms with Crippen LogP contribution in [0.4, 0.5) is 0 Å². The number of amides is 1. The highest BCUT2D eigenvalue weighted by molar-refractivity contribution is 5.83. The zero-order chi connectivity index (χ0) is 14.0. The third-order valence-electron chi connectivity index (χ3n) is 5.32. The Balaban J connectivity index is 1.58. The molecule has 1 saturated carbocycles. The van der Waals surface area contributed by atoms with Gasteiger partial charge < -0.3 is 20.5 Å². The second-order valence-corrected chi connectivity index (χ2v) is 6.65. The maximum Gasteiger partial charge on any atom is 0.237 e. The molecule has 3 N–H and O–H groups in total. The van der Waals surface area contributed by atoms with Gasteiger partial charge in [0.05, 0.1) is 18.2 Å². The van der Waals surface area contributed by atoms with Gasteiger partial charge in [-0.05, 0) is 38.0 Å². The zero-order valence-electron chi connectivity index (χ0n) is 12.1. The molecule has 3 rings (SSSR count). The normalized spacial score (nSPS) is 36.4. The van der Waals surface area contributed by atoms with Crippen molar-refractivity contribution in [3.05, 3.63) is 0 Å². The summed E-state index contributed by atoms with van der Waals surface area (Å²) in [6.07, 6.45) is 7.39. The average Bonchev–Trinajstić information content (AvgIpc) is 2.92. The number of nitrogens with one attached hydrogen (secondary N) is 2. The van der Waals surface area contributed by atoms with E-state index in [1.54, 1.807) is 0 Å². The molecule has 114 valence electrons. The molecule has 0 bridgehead atoms. The smallest absolute Gasteiger partial charge is 0.237 e. The summed E-state index contributed by atoms with van der Waals surface area (Å²) in [5.74, 6) is 0.731. The number of hydrogen-bond acceptors (Lipinski definition) is 4. The van der Waals surface area contributed by atoms with Crippen LogP contribution in [0.25, 0.3) is 0 Å². The van der Waals surface area contributed by atoms with Crippen LogP contribution >= 0.6 is 0 Å². The summed E-state index contributed by atoms with van der Waals surface area (Å²) in [6, 6.07) is 0.452.